The zero-order valence-electron chi connectivity index (χ0n) is 19.8. The van der Waals surface area contributed by atoms with Crippen LogP contribution in [0, 0.1) is 5.82 Å². The van der Waals surface area contributed by atoms with Crippen molar-refractivity contribution in [1.29, 1.82) is 0 Å². The van der Waals surface area contributed by atoms with Gasteiger partial charge >= 0.3 is 5.97 Å². The highest BCUT2D eigenvalue weighted by Crippen LogP contribution is 2.26. The lowest BCUT2D eigenvalue weighted by molar-refractivity contribution is -0.144. The van der Waals surface area contributed by atoms with Crippen LogP contribution in [-0.4, -0.2) is 54.7 Å². The van der Waals surface area contributed by atoms with Crippen LogP contribution < -0.4 is 18.5 Å². The molecule has 0 bridgehead atoms. The molecule has 36 heavy (non-hydrogen) atoms. The fourth-order valence-corrected chi connectivity index (χ4v) is 4.29. The van der Waals surface area contributed by atoms with E-state index < -0.39 is 40.8 Å². The fourth-order valence-electron chi connectivity index (χ4n) is 3.09. The van der Waals surface area contributed by atoms with Crippen molar-refractivity contribution in [2.24, 2.45) is 0 Å². The molecule has 0 heterocycles. The molecule has 0 atom stereocenters. The molecule has 0 fully saturated rings. The summed E-state index contributed by atoms with van der Waals surface area (Å²) in [5.41, 5.74) is 0.565. The minimum absolute atomic E-state index is 0.0590. The number of carbonyl (C=O) groups excluding carboxylic acids is 2. The van der Waals surface area contributed by atoms with Crippen molar-refractivity contribution >= 4 is 27.5 Å². The smallest absolute Gasteiger partial charge is 0.344 e. The first-order valence-corrected chi connectivity index (χ1v) is 12.0. The van der Waals surface area contributed by atoms with E-state index >= 15 is 0 Å². The molecular weight excluding hydrogens is 493 g/mol. The quantitative estimate of drug-likeness (QED) is 0.281. The summed E-state index contributed by atoms with van der Waals surface area (Å²) >= 11 is 0. The summed E-state index contributed by atoms with van der Waals surface area (Å²) in [5.74, 6) is -0.682. The normalized spacial score (nSPS) is 10.9. The van der Waals surface area contributed by atoms with Crippen LogP contribution in [0.5, 0.6) is 17.2 Å². The number of esters is 1. The number of ether oxygens (including phenoxy) is 4. The van der Waals surface area contributed by atoms with Gasteiger partial charge in [0.1, 0.15) is 23.1 Å². The molecule has 11 heteroatoms. The number of hydrogen-bond donors (Lipinski definition) is 0. The van der Waals surface area contributed by atoms with Crippen molar-refractivity contribution in [3.05, 3.63) is 78.1 Å². The van der Waals surface area contributed by atoms with Crippen molar-refractivity contribution in [3.8, 4) is 17.2 Å². The Bertz CT molecular complexity index is 1330. The number of rotatable bonds is 11. The summed E-state index contributed by atoms with van der Waals surface area (Å²) in [4.78, 5) is 24.4. The van der Waals surface area contributed by atoms with Gasteiger partial charge in [-0.05, 0) is 60.7 Å². The molecule has 190 valence electrons. The van der Waals surface area contributed by atoms with Crippen LogP contribution in [0.3, 0.4) is 0 Å². The number of anilines is 1. The lowest BCUT2D eigenvalue weighted by atomic mass is 10.1. The zero-order valence-corrected chi connectivity index (χ0v) is 20.6. The van der Waals surface area contributed by atoms with E-state index in [0.717, 1.165) is 16.4 Å². The number of sulfonamides is 1. The number of benzene rings is 3. The fraction of sp³-hybridized carbons (Fsp3) is 0.200. The van der Waals surface area contributed by atoms with Gasteiger partial charge in [-0.2, -0.15) is 0 Å². The molecule has 0 N–H and O–H groups in total. The third-order valence-corrected chi connectivity index (χ3v) is 6.90. The van der Waals surface area contributed by atoms with E-state index in [-0.39, 0.29) is 22.0 Å². The molecule has 9 nitrogen and oxygen atoms in total. The van der Waals surface area contributed by atoms with Crippen molar-refractivity contribution < 1.29 is 41.3 Å². The lowest BCUT2D eigenvalue weighted by Crippen LogP contribution is -2.26. The monoisotopic (exact) mass is 517 g/mol. The molecule has 0 aliphatic rings. The standard InChI is InChI=1S/C25H24FNO8S/c1-27(36(30,31)21-11-4-17(26)5-12-21)18-6-8-19(9-7-18)34-16-25(29)35-15-23(28)22-13-10-20(32-2)14-24(22)33-3/h4-14H,15-16H2,1-3H3. The summed E-state index contributed by atoms with van der Waals surface area (Å²) in [6, 6.07) is 15.1. The molecule has 0 amide bonds. The molecule has 0 aliphatic heterocycles. The molecule has 0 saturated heterocycles. The van der Waals surface area contributed by atoms with Crippen molar-refractivity contribution in [2.45, 2.75) is 4.90 Å². The molecule has 0 radical (unpaired) electrons. The van der Waals surface area contributed by atoms with Crippen molar-refractivity contribution in [2.75, 3.05) is 38.8 Å². The molecule has 3 aromatic rings. The van der Waals surface area contributed by atoms with Gasteiger partial charge in [-0.1, -0.05) is 0 Å². The van der Waals surface area contributed by atoms with Gasteiger partial charge in [0.15, 0.2) is 13.2 Å². The van der Waals surface area contributed by atoms with Gasteiger partial charge in [-0.3, -0.25) is 9.10 Å². The van der Waals surface area contributed by atoms with E-state index in [4.69, 9.17) is 18.9 Å². The summed E-state index contributed by atoms with van der Waals surface area (Å²) < 4.78 is 60.2. The third kappa shape index (κ3) is 6.30. The Kier molecular flexibility index (Phi) is 8.49. The van der Waals surface area contributed by atoms with Gasteiger partial charge < -0.3 is 18.9 Å². The minimum Gasteiger partial charge on any atom is -0.497 e. The van der Waals surface area contributed by atoms with Gasteiger partial charge in [0, 0.05) is 13.1 Å². The highest BCUT2D eigenvalue weighted by atomic mass is 32.2. The Hall–Kier alpha value is -4.12. The highest BCUT2D eigenvalue weighted by molar-refractivity contribution is 7.92. The van der Waals surface area contributed by atoms with E-state index in [2.05, 4.69) is 0 Å². The van der Waals surface area contributed by atoms with Crippen LogP contribution in [0.4, 0.5) is 10.1 Å². The maximum absolute atomic E-state index is 13.1. The second-order valence-electron chi connectivity index (χ2n) is 7.36. The van der Waals surface area contributed by atoms with Crippen LogP contribution in [0.2, 0.25) is 0 Å². The zero-order chi connectivity index (χ0) is 26.3. The second kappa shape index (κ2) is 11.5. The second-order valence-corrected chi connectivity index (χ2v) is 9.33. The predicted octanol–water partition coefficient (Wildman–Crippen LogP) is 3.47. The molecule has 3 rings (SSSR count). The van der Waals surface area contributed by atoms with E-state index in [0.29, 0.717) is 11.4 Å². The van der Waals surface area contributed by atoms with Crippen LogP contribution >= 0.6 is 0 Å². The van der Waals surface area contributed by atoms with Crippen LogP contribution in [0.1, 0.15) is 10.4 Å². The van der Waals surface area contributed by atoms with Gasteiger partial charge in [-0.25, -0.2) is 17.6 Å². The Labute approximate surface area is 208 Å². The number of nitrogens with zero attached hydrogens (tertiary/aromatic N) is 1. The Morgan fingerprint density at radius 2 is 1.50 bits per heavy atom. The third-order valence-electron chi connectivity index (χ3n) is 5.10. The average molecular weight is 518 g/mol. The molecule has 0 aliphatic carbocycles. The summed E-state index contributed by atoms with van der Waals surface area (Å²) in [5, 5.41) is 0. The summed E-state index contributed by atoms with van der Waals surface area (Å²) in [7, 11) is 0.366. The van der Waals surface area contributed by atoms with E-state index in [1.165, 1.54) is 63.7 Å². The first-order chi connectivity index (χ1) is 17.1. The first kappa shape index (κ1) is 26.5. The molecular formula is C25H24FNO8S. The molecule has 0 unspecified atom stereocenters. The SMILES string of the molecule is COc1ccc(C(=O)COC(=O)COc2ccc(N(C)S(=O)(=O)c3ccc(F)cc3)cc2)c(OC)c1. The summed E-state index contributed by atoms with van der Waals surface area (Å²) in [6.45, 7) is -0.966. The molecule has 0 aromatic heterocycles. The Balaban J connectivity index is 1.54. The van der Waals surface area contributed by atoms with Crippen LogP contribution in [0.15, 0.2) is 71.6 Å². The highest BCUT2D eigenvalue weighted by Gasteiger charge is 2.21. The number of Topliss-reactive ketones (excluding diaryl/α,β-unsaturated/α-hetero) is 1. The minimum atomic E-state index is -3.89. The summed E-state index contributed by atoms with van der Waals surface area (Å²) in [6.07, 6.45) is 0. The van der Waals surface area contributed by atoms with Gasteiger partial charge in [0.25, 0.3) is 10.0 Å². The van der Waals surface area contributed by atoms with Crippen LogP contribution in [-0.2, 0) is 19.6 Å². The largest absolute Gasteiger partial charge is 0.497 e. The van der Waals surface area contributed by atoms with Crippen molar-refractivity contribution in [3.63, 3.8) is 0 Å². The molecule has 0 spiro atoms. The number of carbonyl (C=O) groups is 2. The maximum Gasteiger partial charge on any atom is 0.344 e. The Morgan fingerprint density at radius 1 is 0.861 bits per heavy atom. The van der Waals surface area contributed by atoms with Crippen LogP contribution in [0.25, 0.3) is 0 Å². The van der Waals surface area contributed by atoms with Gasteiger partial charge in [0.2, 0.25) is 5.78 Å². The number of halogens is 1. The lowest BCUT2D eigenvalue weighted by Gasteiger charge is -2.19. The predicted molar refractivity (Wildman–Crippen MR) is 129 cm³/mol. The van der Waals surface area contributed by atoms with Gasteiger partial charge in [0.05, 0.1) is 30.4 Å². The van der Waals surface area contributed by atoms with E-state index in [9.17, 15) is 22.4 Å². The molecule has 0 saturated carbocycles. The van der Waals surface area contributed by atoms with E-state index in [1.54, 1.807) is 12.1 Å². The maximum atomic E-state index is 13.1. The molecule has 3 aromatic carbocycles. The van der Waals surface area contributed by atoms with Crippen molar-refractivity contribution in [1.82, 2.24) is 0 Å². The first-order valence-electron chi connectivity index (χ1n) is 10.5. The van der Waals surface area contributed by atoms with E-state index in [1.807, 2.05) is 0 Å². The number of ketones is 1. The number of methoxy groups -OCH3 is 2. The average Bonchev–Trinajstić information content (AvgIpc) is 2.90. The Morgan fingerprint density at radius 3 is 2.11 bits per heavy atom. The number of hydrogen-bond acceptors (Lipinski definition) is 8. The van der Waals surface area contributed by atoms with Gasteiger partial charge in [-0.15, -0.1) is 0 Å². The topological polar surface area (TPSA) is 108 Å².